The van der Waals surface area contributed by atoms with Crippen molar-refractivity contribution in [2.75, 3.05) is 5.73 Å². The van der Waals surface area contributed by atoms with Crippen LogP contribution in [0.1, 0.15) is 11.1 Å². The van der Waals surface area contributed by atoms with Crippen LogP contribution >= 0.6 is 0 Å². The van der Waals surface area contributed by atoms with E-state index >= 15 is 0 Å². The molecule has 112 valence electrons. The van der Waals surface area contributed by atoms with Crippen LogP contribution in [0.2, 0.25) is 0 Å². The van der Waals surface area contributed by atoms with Crippen LogP contribution in [0, 0.1) is 6.92 Å². The van der Waals surface area contributed by atoms with Gasteiger partial charge < -0.3 is 15.6 Å². The molecule has 0 aliphatic heterocycles. The van der Waals surface area contributed by atoms with E-state index in [2.05, 4.69) is 0 Å². The van der Waals surface area contributed by atoms with E-state index in [4.69, 9.17) is 10.5 Å². The lowest BCUT2D eigenvalue weighted by atomic mass is 10.1. The summed E-state index contributed by atoms with van der Waals surface area (Å²) in [6.45, 7) is 1.73. The van der Waals surface area contributed by atoms with Crippen LogP contribution in [-0.4, -0.2) is 11.3 Å². The van der Waals surface area contributed by atoms with E-state index in [0.717, 1.165) is 0 Å². The number of aromatic hydroxyl groups is 1. The van der Waals surface area contributed by atoms with Crippen LogP contribution in [0.15, 0.2) is 36.4 Å². The van der Waals surface area contributed by atoms with Gasteiger partial charge in [-0.15, -0.1) is 0 Å². The van der Waals surface area contributed by atoms with Crippen LogP contribution < -0.4 is 10.5 Å². The molecule has 0 aromatic heterocycles. The van der Waals surface area contributed by atoms with Gasteiger partial charge in [-0.25, -0.2) is 0 Å². The Labute approximate surface area is 119 Å². The molecule has 0 saturated carbocycles. The molecular weight excluding hydrogens is 283 g/mol. The van der Waals surface area contributed by atoms with Gasteiger partial charge in [0.25, 0.3) is 0 Å². The Hall–Kier alpha value is -2.37. The molecule has 0 unspecified atom stereocenters. The van der Waals surface area contributed by atoms with E-state index < -0.39 is 12.6 Å². The molecule has 21 heavy (non-hydrogen) atoms. The zero-order valence-corrected chi connectivity index (χ0v) is 11.2. The lowest BCUT2D eigenvalue weighted by molar-refractivity contribution is -0.127. The van der Waals surface area contributed by atoms with Crippen molar-refractivity contribution >= 4 is 5.69 Å². The first-order valence-electron chi connectivity index (χ1n) is 6.17. The summed E-state index contributed by atoms with van der Waals surface area (Å²) in [6.07, 6.45) is -5.21. The topological polar surface area (TPSA) is 55.5 Å². The zero-order valence-electron chi connectivity index (χ0n) is 11.2. The summed E-state index contributed by atoms with van der Waals surface area (Å²) in [7, 11) is 0. The number of anilines is 1. The third-order valence-corrected chi connectivity index (χ3v) is 2.88. The van der Waals surface area contributed by atoms with Gasteiger partial charge in [0, 0.05) is 6.07 Å². The normalized spacial score (nSPS) is 11.4. The molecule has 0 saturated heterocycles. The van der Waals surface area contributed by atoms with Gasteiger partial charge >= 0.3 is 6.18 Å². The maximum atomic E-state index is 12.3. The number of hydrogen-bond donors (Lipinski definition) is 2. The lowest BCUT2D eigenvalue weighted by Gasteiger charge is -2.11. The smallest absolute Gasteiger partial charge is 0.393 e. The molecule has 0 spiro atoms. The summed E-state index contributed by atoms with van der Waals surface area (Å²) < 4.78 is 42.3. The summed E-state index contributed by atoms with van der Waals surface area (Å²) in [4.78, 5) is 0. The Kier molecular flexibility index (Phi) is 3.97. The number of halogens is 3. The third kappa shape index (κ3) is 4.05. The van der Waals surface area contributed by atoms with Crippen molar-refractivity contribution in [1.29, 1.82) is 0 Å². The maximum Gasteiger partial charge on any atom is 0.393 e. The molecule has 0 aliphatic carbocycles. The average Bonchev–Trinajstić information content (AvgIpc) is 2.36. The number of ether oxygens (including phenoxy) is 1. The fraction of sp³-hybridized carbons (Fsp3) is 0.200. The van der Waals surface area contributed by atoms with Crippen molar-refractivity contribution in [1.82, 2.24) is 0 Å². The zero-order chi connectivity index (χ0) is 15.6. The van der Waals surface area contributed by atoms with Gasteiger partial charge in [0.1, 0.15) is 17.2 Å². The molecule has 2 aromatic rings. The highest BCUT2D eigenvalue weighted by Gasteiger charge is 2.27. The second-order valence-electron chi connectivity index (χ2n) is 4.71. The summed E-state index contributed by atoms with van der Waals surface area (Å²) in [5, 5.41) is 9.45. The van der Waals surface area contributed by atoms with E-state index in [9.17, 15) is 18.3 Å². The quantitative estimate of drug-likeness (QED) is 0.660. The fourth-order valence-electron chi connectivity index (χ4n) is 1.83. The first-order chi connectivity index (χ1) is 9.74. The number of rotatable bonds is 3. The number of benzene rings is 2. The molecule has 0 amide bonds. The first kappa shape index (κ1) is 15.0. The van der Waals surface area contributed by atoms with Crippen molar-refractivity contribution in [2.45, 2.75) is 19.5 Å². The van der Waals surface area contributed by atoms with Crippen LogP contribution in [0.3, 0.4) is 0 Å². The number of aryl methyl sites for hydroxylation is 1. The van der Waals surface area contributed by atoms with Crippen molar-refractivity contribution in [2.24, 2.45) is 0 Å². The van der Waals surface area contributed by atoms with Gasteiger partial charge in [-0.3, -0.25) is 0 Å². The minimum atomic E-state index is -4.23. The predicted molar refractivity (Wildman–Crippen MR) is 73.5 cm³/mol. The van der Waals surface area contributed by atoms with E-state index in [1.54, 1.807) is 6.92 Å². The summed E-state index contributed by atoms with van der Waals surface area (Å²) in [6, 6.07) is 8.58. The Morgan fingerprint density at radius 1 is 1.14 bits per heavy atom. The molecule has 6 heteroatoms. The molecular formula is C15H14F3NO2. The molecule has 0 radical (unpaired) electrons. The molecule has 3 N–H and O–H groups in total. The standard InChI is InChI=1S/C15H14F3NO2/c1-9-6-13(20)12(19)7-14(9)21-11-4-2-10(3-5-11)8-15(16,17)18/h2-7,20H,8,19H2,1H3. The first-order valence-corrected chi connectivity index (χ1v) is 6.17. The Morgan fingerprint density at radius 3 is 2.33 bits per heavy atom. The van der Waals surface area contributed by atoms with Gasteiger partial charge in [-0.2, -0.15) is 13.2 Å². The monoisotopic (exact) mass is 297 g/mol. The Balaban J connectivity index is 2.16. The SMILES string of the molecule is Cc1cc(O)c(N)cc1Oc1ccc(CC(F)(F)F)cc1. The Bertz CT molecular complexity index is 637. The Morgan fingerprint density at radius 2 is 1.76 bits per heavy atom. The number of phenolic OH excluding ortho intramolecular Hbond substituents is 1. The number of hydrogen-bond acceptors (Lipinski definition) is 3. The van der Waals surface area contributed by atoms with Gasteiger partial charge in [0.05, 0.1) is 12.1 Å². The summed E-state index contributed by atoms with van der Waals surface area (Å²) >= 11 is 0. The molecule has 0 bridgehead atoms. The molecule has 0 heterocycles. The highest BCUT2D eigenvalue weighted by Crippen LogP contribution is 2.32. The average molecular weight is 297 g/mol. The predicted octanol–water partition coefficient (Wildman–Crippen LogP) is 4.18. The summed E-state index contributed by atoms with van der Waals surface area (Å²) in [5.41, 5.74) is 6.58. The number of alkyl halides is 3. The van der Waals surface area contributed by atoms with Gasteiger partial charge in [0.15, 0.2) is 0 Å². The highest BCUT2D eigenvalue weighted by molar-refractivity contribution is 5.59. The van der Waals surface area contributed by atoms with Crippen LogP contribution in [0.4, 0.5) is 18.9 Å². The fourth-order valence-corrected chi connectivity index (χ4v) is 1.83. The van der Waals surface area contributed by atoms with Crippen molar-refractivity contribution in [3.05, 3.63) is 47.5 Å². The van der Waals surface area contributed by atoms with Gasteiger partial charge in [0.2, 0.25) is 0 Å². The van der Waals surface area contributed by atoms with Crippen molar-refractivity contribution in [3.63, 3.8) is 0 Å². The van der Waals surface area contributed by atoms with Crippen LogP contribution in [0.5, 0.6) is 17.2 Å². The van der Waals surface area contributed by atoms with Crippen LogP contribution in [0.25, 0.3) is 0 Å². The molecule has 0 fully saturated rings. The minimum Gasteiger partial charge on any atom is -0.506 e. The number of nitrogens with two attached hydrogens (primary N) is 1. The largest absolute Gasteiger partial charge is 0.506 e. The second kappa shape index (κ2) is 5.55. The molecule has 2 aromatic carbocycles. The van der Waals surface area contributed by atoms with E-state index in [1.807, 2.05) is 0 Å². The maximum absolute atomic E-state index is 12.3. The van der Waals surface area contributed by atoms with E-state index in [1.165, 1.54) is 36.4 Å². The van der Waals surface area contributed by atoms with Crippen molar-refractivity contribution < 1.29 is 23.0 Å². The number of nitrogen functional groups attached to an aromatic ring is 1. The highest BCUT2D eigenvalue weighted by atomic mass is 19.4. The lowest BCUT2D eigenvalue weighted by Crippen LogP contribution is -2.11. The van der Waals surface area contributed by atoms with E-state index in [0.29, 0.717) is 17.1 Å². The number of phenols is 1. The van der Waals surface area contributed by atoms with Crippen molar-refractivity contribution in [3.8, 4) is 17.2 Å². The van der Waals surface area contributed by atoms with Gasteiger partial charge in [-0.1, -0.05) is 12.1 Å². The molecule has 0 atom stereocenters. The minimum absolute atomic E-state index is 0.0413. The second-order valence-corrected chi connectivity index (χ2v) is 4.71. The molecule has 0 aliphatic rings. The summed E-state index contributed by atoms with van der Waals surface area (Å²) in [5.74, 6) is 0.795. The molecule has 2 rings (SSSR count). The molecule has 3 nitrogen and oxygen atoms in total. The van der Waals surface area contributed by atoms with Crippen LogP contribution in [-0.2, 0) is 6.42 Å². The third-order valence-electron chi connectivity index (χ3n) is 2.88. The van der Waals surface area contributed by atoms with Gasteiger partial charge in [-0.05, 0) is 36.2 Å². The van der Waals surface area contributed by atoms with E-state index in [-0.39, 0.29) is 17.0 Å².